The molecule has 2 bridgehead atoms. The van der Waals surface area contributed by atoms with Gasteiger partial charge in [0.15, 0.2) is 0 Å². The maximum Gasteiger partial charge on any atom is 0.209 e. The minimum absolute atomic E-state index is 0.0136. The maximum atomic E-state index is 11.7. The topological polar surface area (TPSA) is 52.6 Å². The van der Waals surface area contributed by atoms with Crippen molar-refractivity contribution in [2.75, 3.05) is 7.05 Å². The minimum Gasteiger partial charge on any atom is -0.508 e. The van der Waals surface area contributed by atoms with Gasteiger partial charge < -0.3 is 15.3 Å². The fraction of sp³-hybridized carbons (Fsp3) is 0.708. The van der Waals surface area contributed by atoms with Gasteiger partial charge in [0, 0.05) is 30.6 Å². The van der Waals surface area contributed by atoms with Crippen molar-refractivity contribution in [3.8, 4) is 5.75 Å². The fourth-order valence-corrected chi connectivity index (χ4v) is 7.91. The van der Waals surface area contributed by atoms with Crippen LogP contribution in [0.3, 0.4) is 0 Å². The van der Waals surface area contributed by atoms with E-state index in [1.54, 1.807) is 0 Å². The average Bonchev–Trinajstić information content (AvgIpc) is 2.77. The van der Waals surface area contributed by atoms with Crippen molar-refractivity contribution < 1.29 is 9.90 Å². The molecular formula is C24H34N2O2. The molecule has 0 saturated heterocycles. The smallest absolute Gasteiger partial charge is 0.209 e. The van der Waals surface area contributed by atoms with E-state index in [0.29, 0.717) is 29.7 Å². The molecule has 6 atom stereocenters. The third-order valence-electron chi connectivity index (χ3n) is 9.28. The molecule has 5 rings (SSSR count). The van der Waals surface area contributed by atoms with Crippen LogP contribution < -0.4 is 5.32 Å². The Morgan fingerprint density at radius 3 is 2.75 bits per heavy atom. The summed E-state index contributed by atoms with van der Waals surface area (Å²) in [6.07, 6.45) is 9.52. The predicted molar refractivity (Wildman–Crippen MR) is 110 cm³/mol. The largest absolute Gasteiger partial charge is 0.508 e. The molecule has 4 nitrogen and oxygen atoms in total. The van der Waals surface area contributed by atoms with Crippen LogP contribution >= 0.6 is 0 Å². The number of amides is 1. The molecule has 5 unspecified atom stereocenters. The van der Waals surface area contributed by atoms with Gasteiger partial charge >= 0.3 is 0 Å². The number of phenols is 1. The number of nitrogens with one attached hydrogen (secondary N) is 1. The van der Waals surface area contributed by atoms with Gasteiger partial charge in [-0.3, -0.25) is 4.79 Å². The highest BCUT2D eigenvalue weighted by molar-refractivity contribution is 5.51. The van der Waals surface area contributed by atoms with Crippen LogP contribution in [0.15, 0.2) is 18.2 Å². The zero-order valence-corrected chi connectivity index (χ0v) is 17.4. The first-order valence-electron chi connectivity index (χ1n) is 11.2. The molecule has 28 heavy (non-hydrogen) atoms. The lowest BCUT2D eigenvalue weighted by molar-refractivity contribution is -0.123. The van der Waals surface area contributed by atoms with E-state index in [-0.39, 0.29) is 16.9 Å². The Hall–Kier alpha value is -1.55. The Morgan fingerprint density at radius 1 is 1.29 bits per heavy atom. The van der Waals surface area contributed by atoms with Crippen molar-refractivity contribution in [2.24, 2.45) is 17.3 Å². The first-order valence-corrected chi connectivity index (χ1v) is 11.2. The lowest BCUT2D eigenvalue weighted by Crippen LogP contribution is -2.65. The minimum atomic E-state index is -0.0136. The number of benzene rings is 1. The number of carbonyl (C=O) groups excluding carboxylic acids is 1. The van der Waals surface area contributed by atoms with E-state index >= 15 is 0 Å². The molecule has 4 aliphatic carbocycles. The molecule has 0 aromatic heterocycles. The molecule has 1 amide bonds. The average molecular weight is 383 g/mol. The summed E-state index contributed by atoms with van der Waals surface area (Å²) in [6, 6.07) is 7.49. The van der Waals surface area contributed by atoms with Gasteiger partial charge in [-0.05, 0) is 79.0 Å². The Balaban J connectivity index is 1.66. The van der Waals surface area contributed by atoms with E-state index < -0.39 is 0 Å². The van der Waals surface area contributed by atoms with Crippen molar-refractivity contribution in [2.45, 2.75) is 82.3 Å². The lowest BCUT2D eigenvalue weighted by atomic mass is 9.47. The van der Waals surface area contributed by atoms with Crippen LogP contribution in [0, 0.1) is 17.3 Å². The maximum absolute atomic E-state index is 11.7. The summed E-state index contributed by atoms with van der Waals surface area (Å²) in [6.45, 7) is 4.86. The quantitative estimate of drug-likeness (QED) is 0.782. The number of aromatic hydroxyl groups is 1. The SMILES string of the molecule is C[C@H]1CC23CCC(N(C)C=O)C1C2(C)c1cc(O)ccc1CC3NC1CCC1. The van der Waals surface area contributed by atoms with Crippen LogP contribution in [0.5, 0.6) is 5.75 Å². The Kier molecular flexibility index (Phi) is 4.11. The monoisotopic (exact) mass is 382 g/mol. The van der Waals surface area contributed by atoms with Crippen LogP contribution in [0.4, 0.5) is 0 Å². The van der Waals surface area contributed by atoms with Crippen molar-refractivity contribution in [3.63, 3.8) is 0 Å². The van der Waals surface area contributed by atoms with E-state index in [1.807, 2.05) is 24.1 Å². The van der Waals surface area contributed by atoms with E-state index in [0.717, 1.165) is 25.7 Å². The van der Waals surface area contributed by atoms with Crippen LogP contribution in [0.2, 0.25) is 0 Å². The van der Waals surface area contributed by atoms with Crippen LogP contribution in [-0.4, -0.2) is 41.6 Å². The number of fused-ring (bicyclic) bond motifs is 1. The van der Waals surface area contributed by atoms with Crippen LogP contribution in [-0.2, 0) is 16.6 Å². The van der Waals surface area contributed by atoms with Gasteiger partial charge in [0.2, 0.25) is 6.41 Å². The summed E-state index contributed by atoms with van der Waals surface area (Å²) < 4.78 is 0. The lowest BCUT2D eigenvalue weighted by Gasteiger charge is -2.61. The predicted octanol–water partition coefficient (Wildman–Crippen LogP) is 3.61. The number of carbonyl (C=O) groups is 1. The summed E-state index contributed by atoms with van der Waals surface area (Å²) in [5, 5.41) is 14.4. The molecule has 1 aromatic carbocycles. The second kappa shape index (κ2) is 6.22. The van der Waals surface area contributed by atoms with Crippen LogP contribution in [0.25, 0.3) is 0 Å². The van der Waals surface area contributed by atoms with Gasteiger partial charge in [0.25, 0.3) is 0 Å². The van der Waals surface area contributed by atoms with Gasteiger partial charge in [0.05, 0.1) is 0 Å². The number of hydrogen-bond acceptors (Lipinski definition) is 3. The Bertz CT molecular complexity index is 791. The molecule has 2 N–H and O–H groups in total. The van der Waals surface area contributed by atoms with E-state index in [4.69, 9.17) is 0 Å². The van der Waals surface area contributed by atoms with Crippen molar-refractivity contribution >= 4 is 6.41 Å². The number of nitrogens with zero attached hydrogens (tertiary/aromatic N) is 1. The molecule has 4 aliphatic rings. The standard InChI is InChI=1S/C24H34N2O2/c1-15-13-24-10-9-20(26(3)14-27)22(15)23(24,2)19-12-18(28)8-7-16(19)11-21(24)25-17-5-4-6-17/h7-8,12,14-15,17,20-22,25,28H,4-6,9-11,13H2,1-3H3/t15-,20?,21?,22?,23?,24?/m0/s1. The Morgan fingerprint density at radius 2 is 2.07 bits per heavy atom. The van der Waals surface area contributed by atoms with Gasteiger partial charge in [-0.25, -0.2) is 0 Å². The molecule has 3 saturated carbocycles. The summed E-state index contributed by atoms with van der Waals surface area (Å²) in [4.78, 5) is 13.6. The van der Waals surface area contributed by atoms with Crippen molar-refractivity contribution in [3.05, 3.63) is 29.3 Å². The Labute approximate surface area is 168 Å². The molecular weight excluding hydrogens is 348 g/mol. The summed E-state index contributed by atoms with van der Waals surface area (Å²) in [7, 11) is 1.95. The van der Waals surface area contributed by atoms with Gasteiger partial charge in [-0.15, -0.1) is 0 Å². The molecule has 0 heterocycles. The molecule has 4 heteroatoms. The highest BCUT2D eigenvalue weighted by Crippen LogP contribution is 2.70. The fourth-order valence-electron chi connectivity index (χ4n) is 7.91. The zero-order chi connectivity index (χ0) is 19.7. The highest BCUT2D eigenvalue weighted by atomic mass is 16.3. The van der Waals surface area contributed by atoms with E-state index in [1.165, 1.54) is 36.8 Å². The highest BCUT2D eigenvalue weighted by Gasteiger charge is 2.69. The summed E-state index contributed by atoms with van der Waals surface area (Å²) in [5.41, 5.74) is 2.94. The molecule has 0 aliphatic heterocycles. The number of hydrogen-bond donors (Lipinski definition) is 2. The van der Waals surface area contributed by atoms with Gasteiger partial charge in [-0.1, -0.05) is 26.3 Å². The summed E-state index contributed by atoms with van der Waals surface area (Å²) in [5.74, 6) is 1.38. The summed E-state index contributed by atoms with van der Waals surface area (Å²) >= 11 is 0. The van der Waals surface area contributed by atoms with Gasteiger partial charge in [-0.2, -0.15) is 0 Å². The first-order chi connectivity index (χ1) is 13.4. The van der Waals surface area contributed by atoms with Crippen LogP contribution in [0.1, 0.15) is 63.5 Å². The molecule has 152 valence electrons. The number of rotatable bonds is 4. The normalized spacial score (nSPS) is 41.7. The molecule has 0 radical (unpaired) electrons. The third kappa shape index (κ3) is 2.24. The first kappa shape index (κ1) is 18.5. The molecule has 0 spiro atoms. The van der Waals surface area contributed by atoms with E-state index in [2.05, 4.69) is 25.2 Å². The van der Waals surface area contributed by atoms with Gasteiger partial charge in [0.1, 0.15) is 5.75 Å². The zero-order valence-electron chi connectivity index (χ0n) is 17.4. The van der Waals surface area contributed by atoms with Crippen molar-refractivity contribution in [1.29, 1.82) is 0 Å². The third-order valence-corrected chi connectivity index (χ3v) is 9.28. The number of phenolic OH excluding ortho intramolecular Hbond substituents is 1. The molecule has 3 fully saturated rings. The van der Waals surface area contributed by atoms with E-state index in [9.17, 15) is 9.90 Å². The molecule has 1 aromatic rings. The second-order valence-electron chi connectivity index (χ2n) is 10.3. The van der Waals surface area contributed by atoms with Crippen molar-refractivity contribution in [1.82, 2.24) is 10.2 Å². The second-order valence-corrected chi connectivity index (χ2v) is 10.3.